The molecule has 0 aliphatic rings. The fourth-order valence-corrected chi connectivity index (χ4v) is 2.93. The molecule has 4 rings (SSSR count). The van der Waals surface area contributed by atoms with E-state index in [9.17, 15) is 4.79 Å². The number of hydrogen-bond donors (Lipinski definition) is 0. The molecule has 3 nitrogen and oxygen atoms in total. The van der Waals surface area contributed by atoms with E-state index in [-0.39, 0.29) is 0 Å². The van der Waals surface area contributed by atoms with Gasteiger partial charge in [-0.15, -0.1) is 0 Å². The Hall–Kier alpha value is -3.72. The van der Waals surface area contributed by atoms with Crippen LogP contribution in [0.4, 0.5) is 0 Å². The smallest absolute Gasteiger partial charge is 0.150 e. The molecule has 3 aromatic carbocycles. The van der Waals surface area contributed by atoms with Gasteiger partial charge in [0.1, 0.15) is 18.6 Å². The van der Waals surface area contributed by atoms with Crippen LogP contribution in [0.3, 0.4) is 0 Å². The zero-order chi connectivity index (χ0) is 19.2. The highest BCUT2D eigenvalue weighted by molar-refractivity contribution is 5.78. The van der Waals surface area contributed by atoms with Crippen LogP contribution in [0.5, 0.6) is 5.75 Å². The minimum atomic E-state index is 0.422. The Kier molecular flexibility index (Phi) is 5.25. The second kappa shape index (κ2) is 8.31. The van der Waals surface area contributed by atoms with Crippen LogP contribution in [-0.2, 0) is 6.61 Å². The molecule has 1 aromatic heterocycles. The fourth-order valence-electron chi connectivity index (χ4n) is 2.93. The van der Waals surface area contributed by atoms with Gasteiger partial charge in [-0.2, -0.15) is 0 Å². The predicted molar refractivity (Wildman–Crippen MR) is 113 cm³/mol. The lowest BCUT2D eigenvalue weighted by Crippen LogP contribution is -1.98. The highest BCUT2D eigenvalue weighted by Gasteiger charge is 2.00. The van der Waals surface area contributed by atoms with Gasteiger partial charge in [-0.05, 0) is 35.4 Å². The Labute approximate surface area is 163 Å². The maximum absolute atomic E-state index is 10.7. The minimum absolute atomic E-state index is 0.422. The molecule has 4 aromatic rings. The van der Waals surface area contributed by atoms with E-state index in [1.807, 2.05) is 84.9 Å². The van der Waals surface area contributed by atoms with Gasteiger partial charge in [0.25, 0.3) is 0 Å². The van der Waals surface area contributed by atoms with Crippen molar-refractivity contribution >= 4 is 29.3 Å². The van der Waals surface area contributed by atoms with E-state index >= 15 is 0 Å². The first-order chi connectivity index (χ1) is 13.8. The van der Waals surface area contributed by atoms with Crippen molar-refractivity contribution < 1.29 is 9.53 Å². The Morgan fingerprint density at radius 3 is 2.39 bits per heavy atom. The van der Waals surface area contributed by atoms with Crippen molar-refractivity contribution in [3.8, 4) is 5.75 Å². The van der Waals surface area contributed by atoms with Crippen molar-refractivity contribution in [2.45, 2.75) is 6.61 Å². The molecule has 136 valence electrons. The van der Waals surface area contributed by atoms with E-state index in [4.69, 9.17) is 4.74 Å². The molecule has 3 heteroatoms. The van der Waals surface area contributed by atoms with Crippen LogP contribution in [0, 0.1) is 0 Å². The number of carbonyl (C=O) groups excluding carboxylic acids is 1. The number of fused-ring (bicyclic) bond motifs is 1. The number of nitrogens with zero attached hydrogens (tertiary/aromatic N) is 1. The Morgan fingerprint density at radius 2 is 1.54 bits per heavy atom. The summed E-state index contributed by atoms with van der Waals surface area (Å²) in [5.41, 5.74) is 4.63. The van der Waals surface area contributed by atoms with Gasteiger partial charge in [-0.25, -0.2) is 4.98 Å². The molecular formula is C25H19NO2. The van der Waals surface area contributed by atoms with Crippen LogP contribution in [-0.4, -0.2) is 11.3 Å². The lowest BCUT2D eigenvalue weighted by atomic mass is 10.1. The summed E-state index contributed by atoms with van der Waals surface area (Å²) in [5, 5.41) is 1.12. The number of carbonyl (C=O) groups is 1. The van der Waals surface area contributed by atoms with Gasteiger partial charge in [0.05, 0.1) is 11.2 Å². The van der Waals surface area contributed by atoms with Gasteiger partial charge in [0, 0.05) is 10.9 Å². The molecule has 0 bridgehead atoms. The van der Waals surface area contributed by atoms with Gasteiger partial charge in [0.2, 0.25) is 0 Å². The van der Waals surface area contributed by atoms with Crippen molar-refractivity contribution in [1.29, 1.82) is 0 Å². The maximum Gasteiger partial charge on any atom is 0.150 e. The summed E-state index contributed by atoms with van der Waals surface area (Å²) in [7, 11) is 0. The highest BCUT2D eigenvalue weighted by atomic mass is 16.5. The number of benzene rings is 3. The van der Waals surface area contributed by atoms with Crippen LogP contribution in [0.1, 0.15) is 27.2 Å². The number of para-hydroxylation sites is 1. The van der Waals surface area contributed by atoms with E-state index in [0.717, 1.165) is 39.8 Å². The third kappa shape index (κ3) is 4.33. The van der Waals surface area contributed by atoms with Crippen LogP contribution in [0.2, 0.25) is 0 Å². The Balaban J connectivity index is 1.43. The standard InChI is InChI=1S/C25H19NO2/c27-17-21-12-9-19(10-13-21)8-11-20-4-3-6-24(16-20)28-18-23-15-14-22-5-1-2-7-25(22)26-23/h1-17H,18H2/b11-8+. The number of ether oxygens (including phenoxy) is 1. The summed E-state index contributed by atoms with van der Waals surface area (Å²) in [6, 6.07) is 27.5. The summed E-state index contributed by atoms with van der Waals surface area (Å²) >= 11 is 0. The van der Waals surface area contributed by atoms with Crippen molar-refractivity contribution in [2.24, 2.45) is 0 Å². The van der Waals surface area contributed by atoms with E-state index < -0.39 is 0 Å². The molecule has 0 spiro atoms. The maximum atomic E-state index is 10.7. The van der Waals surface area contributed by atoms with E-state index in [1.165, 1.54) is 0 Å². The second-order valence-corrected chi connectivity index (χ2v) is 6.47. The predicted octanol–water partition coefficient (Wildman–Crippen LogP) is 5.80. The first-order valence-electron chi connectivity index (χ1n) is 9.11. The molecule has 0 amide bonds. The summed E-state index contributed by atoms with van der Waals surface area (Å²) < 4.78 is 5.93. The molecule has 0 saturated carbocycles. The quantitative estimate of drug-likeness (QED) is 0.320. The molecule has 0 fully saturated rings. The number of aromatic nitrogens is 1. The number of rotatable bonds is 6. The van der Waals surface area contributed by atoms with Crippen LogP contribution < -0.4 is 4.74 Å². The molecule has 0 N–H and O–H groups in total. The fraction of sp³-hybridized carbons (Fsp3) is 0.0400. The van der Waals surface area contributed by atoms with Gasteiger partial charge in [-0.1, -0.05) is 72.8 Å². The summed E-state index contributed by atoms with van der Waals surface area (Å²) in [6.07, 6.45) is 4.88. The minimum Gasteiger partial charge on any atom is -0.487 e. The third-order valence-electron chi connectivity index (χ3n) is 4.44. The third-order valence-corrected chi connectivity index (χ3v) is 4.44. The van der Waals surface area contributed by atoms with E-state index in [1.54, 1.807) is 0 Å². The molecule has 0 saturated heterocycles. The molecule has 0 aliphatic heterocycles. The van der Waals surface area contributed by atoms with Crippen LogP contribution in [0.25, 0.3) is 23.1 Å². The molecule has 0 unspecified atom stereocenters. The van der Waals surface area contributed by atoms with Crippen molar-refractivity contribution in [3.63, 3.8) is 0 Å². The lowest BCUT2D eigenvalue weighted by molar-refractivity contribution is 0.112. The Bertz CT molecular complexity index is 1130. The van der Waals surface area contributed by atoms with Crippen molar-refractivity contribution in [3.05, 3.63) is 107 Å². The van der Waals surface area contributed by atoms with Crippen LogP contribution >= 0.6 is 0 Å². The largest absolute Gasteiger partial charge is 0.487 e. The normalized spacial score (nSPS) is 11.0. The van der Waals surface area contributed by atoms with Gasteiger partial charge in [0.15, 0.2) is 0 Å². The van der Waals surface area contributed by atoms with Gasteiger partial charge >= 0.3 is 0 Å². The van der Waals surface area contributed by atoms with Crippen molar-refractivity contribution in [2.75, 3.05) is 0 Å². The topological polar surface area (TPSA) is 39.2 Å². The van der Waals surface area contributed by atoms with Crippen molar-refractivity contribution in [1.82, 2.24) is 4.98 Å². The average Bonchev–Trinajstić information content (AvgIpc) is 2.77. The van der Waals surface area contributed by atoms with E-state index in [0.29, 0.717) is 12.2 Å². The first-order valence-corrected chi connectivity index (χ1v) is 9.11. The molecule has 28 heavy (non-hydrogen) atoms. The number of aldehydes is 1. The second-order valence-electron chi connectivity index (χ2n) is 6.47. The molecular weight excluding hydrogens is 346 g/mol. The summed E-state index contributed by atoms with van der Waals surface area (Å²) in [5.74, 6) is 0.799. The molecule has 0 atom stereocenters. The van der Waals surface area contributed by atoms with Gasteiger partial charge in [-0.3, -0.25) is 4.79 Å². The molecule has 0 radical (unpaired) electrons. The molecule has 0 aliphatic carbocycles. The van der Waals surface area contributed by atoms with Gasteiger partial charge < -0.3 is 4.74 Å². The Morgan fingerprint density at radius 1 is 0.750 bits per heavy atom. The first kappa shape index (κ1) is 17.7. The SMILES string of the molecule is O=Cc1ccc(/C=C/c2cccc(OCc3ccc4ccccc4n3)c2)cc1. The van der Waals surface area contributed by atoms with E-state index in [2.05, 4.69) is 17.1 Å². The number of hydrogen-bond acceptors (Lipinski definition) is 3. The average molecular weight is 365 g/mol. The monoisotopic (exact) mass is 365 g/mol. The number of pyridine rings is 1. The zero-order valence-electron chi connectivity index (χ0n) is 15.3. The highest BCUT2D eigenvalue weighted by Crippen LogP contribution is 2.18. The zero-order valence-corrected chi connectivity index (χ0v) is 15.3. The summed E-state index contributed by atoms with van der Waals surface area (Å²) in [4.78, 5) is 15.4. The molecule has 1 heterocycles. The summed E-state index contributed by atoms with van der Waals surface area (Å²) in [6.45, 7) is 0.422. The van der Waals surface area contributed by atoms with Crippen LogP contribution in [0.15, 0.2) is 84.9 Å². The lowest BCUT2D eigenvalue weighted by Gasteiger charge is -2.07.